The van der Waals surface area contributed by atoms with E-state index >= 15 is 0 Å². The Kier molecular flexibility index (Phi) is 21.0. The van der Waals surface area contributed by atoms with Crippen LogP contribution in [0.1, 0.15) is 104 Å². The van der Waals surface area contributed by atoms with E-state index in [4.69, 9.17) is 53.6 Å². The van der Waals surface area contributed by atoms with Gasteiger partial charge >= 0.3 is 6.09 Å². The molecule has 0 saturated carbocycles. The third-order valence-corrected chi connectivity index (χ3v) is 14.7. The molecule has 76 heavy (non-hydrogen) atoms. The average Bonchev–Trinajstić information content (AvgIpc) is 3.89. The first kappa shape index (κ1) is 58.9. The lowest BCUT2D eigenvalue weighted by Crippen LogP contribution is -2.39. The molecule has 1 aromatic carbocycles. The van der Waals surface area contributed by atoms with Crippen LogP contribution in [0.25, 0.3) is 11.1 Å². The monoisotopic (exact) mass is 1090 g/mol. The second-order valence-corrected chi connectivity index (χ2v) is 20.4. The molecule has 3 aliphatic rings. The fourth-order valence-corrected chi connectivity index (χ4v) is 10.3. The van der Waals surface area contributed by atoms with E-state index in [1.54, 1.807) is 64.4 Å². The number of ether oxygens (including phenoxy) is 4. The normalized spacial score (nSPS) is 22.9. The van der Waals surface area contributed by atoms with E-state index < -0.39 is 65.8 Å². The zero-order valence-electron chi connectivity index (χ0n) is 43.9. The first-order valence-electron chi connectivity index (χ1n) is 25.4. The van der Waals surface area contributed by atoms with Gasteiger partial charge in [-0.1, -0.05) is 67.8 Å². The van der Waals surface area contributed by atoms with Crippen molar-refractivity contribution in [1.29, 1.82) is 0 Å². The van der Waals surface area contributed by atoms with Crippen molar-refractivity contribution >= 4 is 58.5 Å². The molecule has 410 valence electrons. The van der Waals surface area contributed by atoms with Crippen molar-refractivity contribution in [2.24, 2.45) is 17.6 Å². The minimum atomic E-state index is -1.02. The van der Waals surface area contributed by atoms with Crippen molar-refractivity contribution < 1.29 is 52.4 Å². The lowest BCUT2D eigenvalue weighted by atomic mass is 9.85. The second kappa shape index (κ2) is 27.1. The lowest BCUT2D eigenvalue weighted by molar-refractivity contribution is -0.132. The minimum Gasteiger partial charge on any atom is -0.482 e. The molecule has 1 saturated heterocycles. The predicted molar refractivity (Wildman–Crippen MR) is 286 cm³/mol. The number of fused-ring (bicyclic) bond motifs is 2. The number of benzene rings is 1. The predicted octanol–water partition coefficient (Wildman–Crippen LogP) is 8.20. The number of aliphatic hydroxyl groups excluding tert-OH is 1. The summed E-state index contributed by atoms with van der Waals surface area (Å²) in [7, 11) is 2.91. The molecule has 7 atom stereocenters. The first-order valence-corrected chi connectivity index (χ1v) is 26.2. The van der Waals surface area contributed by atoms with Crippen molar-refractivity contribution in [3.63, 3.8) is 0 Å². The number of halogens is 3. The van der Waals surface area contributed by atoms with Gasteiger partial charge in [0, 0.05) is 97.5 Å². The zero-order valence-corrected chi connectivity index (χ0v) is 45.5. The van der Waals surface area contributed by atoms with Crippen LogP contribution in [0.15, 0.2) is 95.3 Å². The van der Waals surface area contributed by atoms with E-state index in [0.717, 1.165) is 11.6 Å². The quantitative estimate of drug-likeness (QED) is 0.0416. The van der Waals surface area contributed by atoms with Crippen LogP contribution in [-0.2, 0) is 33.4 Å². The maximum Gasteiger partial charge on any atom is 0.405 e. The molecule has 7 N–H and O–H groups in total. The Morgan fingerprint density at radius 2 is 1.78 bits per heavy atom. The standard InChI is InChI=1S/C55H69Cl2FN8O10/c1-30-22-38-49(42(67)26-41(51(38)70)64-54(71)31(2)12-11-13-43(73-6)52(76-55(60)72)33(4)24-32(3)50(69)44(23-30)74-7)61-19-10-8-9-14-46(68)65-20-17-37(18-21-65)66-29-36(28-63-66)35-25-45(53(59)62-27-35)75-34(5)47-39(56)15-16-40(58)48(47)57/h11-13,15-16,24-30,32,34,37,43-44,50,52,61,69H,8-10,14,17-23H2,1-7H3,(H2,59,62)(H2,60,72)(H,64,71)/t30-,32+,34?,43+,44+,50+,52+/m1/s1. The number of pyridine rings is 1. The van der Waals surface area contributed by atoms with E-state index in [2.05, 4.69) is 20.7 Å². The summed E-state index contributed by atoms with van der Waals surface area (Å²) in [5.74, 6) is -2.51. The molecule has 6 rings (SSSR count). The van der Waals surface area contributed by atoms with Gasteiger partial charge in [-0.05, 0) is 89.0 Å². The summed E-state index contributed by atoms with van der Waals surface area (Å²) in [6.45, 7) is 10.1. The van der Waals surface area contributed by atoms with Crippen molar-refractivity contribution in [3.05, 3.63) is 117 Å². The lowest BCUT2D eigenvalue weighted by Gasteiger charge is -2.32. The van der Waals surface area contributed by atoms with Crippen LogP contribution in [0, 0.1) is 17.7 Å². The molecule has 3 amide bonds. The number of carbonyl (C=O) groups is 5. The Morgan fingerprint density at radius 1 is 1.04 bits per heavy atom. The van der Waals surface area contributed by atoms with Gasteiger partial charge in [-0.3, -0.25) is 23.9 Å². The van der Waals surface area contributed by atoms with Crippen LogP contribution in [0.5, 0.6) is 5.75 Å². The highest BCUT2D eigenvalue weighted by Gasteiger charge is 2.34. The smallest absolute Gasteiger partial charge is 0.405 e. The Balaban J connectivity index is 1.03. The summed E-state index contributed by atoms with van der Waals surface area (Å²) in [4.78, 5) is 72.8. The van der Waals surface area contributed by atoms with E-state index in [9.17, 15) is 33.5 Å². The van der Waals surface area contributed by atoms with Gasteiger partial charge in [-0.25, -0.2) is 14.2 Å². The summed E-state index contributed by atoms with van der Waals surface area (Å²) < 4.78 is 39.0. The number of nitrogen functional groups attached to an aromatic ring is 1. The number of anilines is 1. The van der Waals surface area contributed by atoms with Gasteiger partial charge in [0.05, 0.1) is 40.9 Å². The van der Waals surface area contributed by atoms with Gasteiger partial charge in [0.15, 0.2) is 17.7 Å². The van der Waals surface area contributed by atoms with Crippen molar-refractivity contribution in [1.82, 2.24) is 30.3 Å². The molecule has 2 bridgehead atoms. The highest BCUT2D eigenvalue weighted by Crippen LogP contribution is 2.38. The van der Waals surface area contributed by atoms with Crippen LogP contribution >= 0.6 is 23.2 Å². The number of methoxy groups -OCH3 is 2. The minimum absolute atomic E-state index is 0.0594. The van der Waals surface area contributed by atoms with Gasteiger partial charge in [0.2, 0.25) is 17.5 Å². The molecule has 1 fully saturated rings. The number of Topliss-reactive ketones (excluding diaryl/α,β-unsaturated/α-hetero) is 1. The molecule has 4 heterocycles. The summed E-state index contributed by atoms with van der Waals surface area (Å²) in [5.41, 5.74) is 14.3. The second-order valence-electron chi connectivity index (χ2n) is 19.6. The van der Waals surface area contributed by atoms with Gasteiger partial charge < -0.3 is 51.1 Å². The fraction of sp³-hybridized carbons (Fsp3) is 0.473. The fourth-order valence-electron chi connectivity index (χ4n) is 9.67. The van der Waals surface area contributed by atoms with Gasteiger partial charge in [-0.2, -0.15) is 5.10 Å². The highest BCUT2D eigenvalue weighted by molar-refractivity contribution is 6.36. The van der Waals surface area contributed by atoms with E-state index in [1.165, 1.54) is 32.4 Å². The van der Waals surface area contributed by atoms with Crippen LogP contribution in [0.4, 0.5) is 15.0 Å². The molecular weight excluding hydrogens is 1020 g/mol. The van der Waals surface area contributed by atoms with Crippen molar-refractivity contribution in [3.8, 4) is 16.9 Å². The van der Waals surface area contributed by atoms with Crippen LogP contribution in [0.2, 0.25) is 10.0 Å². The number of likely N-dealkylation sites (tertiary alicyclic amines) is 1. The number of hydrogen-bond donors (Lipinski definition) is 5. The molecule has 0 spiro atoms. The molecule has 2 aromatic heterocycles. The Labute approximate surface area is 452 Å². The topological polar surface area (TPSA) is 253 Å². The highest BCUT2D eigenvalue weighted by atomic mass is 35.5. The van der Waals surface area contributed by atoms with Crippen LogP contribution in [-0.4, -0.2) is 113 Å². The Morgan fingerprint density at radius 3 is 2.47 bits per heavy atom. The van der Waals surface area contributed by atoms with Crippen LogP contribution < -0.4 is 26.8 Å². The molecular formula is C55H69Cl2FN8O10. The van der Waals surface area contributed by atoms with E-state index in [1.807, 2.05) is 22.7 Å². The number of allylic oxidation sites excluding steroid dienone is 4. The summed E-state index contributed by atoms with van der Waals surface area (Å²) in [6, 6.07) is 4.41. The number of piperidine rings is 1. The number of nitrogens with two attached hydrogens (primary N) is 2. The SMILES string of the molecule is CO[C@H]1C=CC=C(C)C(=O)NC2=CC(=O)C(NCCCCCC(=O)N3CCC(n4cc(-c5cnc(N)c(OC(C)c6c(Cl)ccc(F)c6Cl)c5)cn4)CC3)=C(C[C@@H](C)C[C@H](OC)[C@@H](O)[C@@H](C)C=C(C)[C@@H]1OC(N)=O)C2=O. The summed E-state index contributed by atoms with van der Waals surface area (Å²) in [5, 5.41) is 22.1. The number of nitrogens with one attached hydrogen (secondary N) is 2. The number of amides is 3. The van der Waals surface area contributed by atoms with Gasteiger partial charge in [0.1, 0.15) is 18.0 Å². The Hall–Kier alpha value is -6.38. The van der Waals surface area contributed by atoms with Crippen molar-refractivity contribution in [2.75, 3.05) is 39.6 Å². The first-order chi connectivity index (χ1) is 36.2. The number of unbranched alkanes of at least 4 members (excludes halogenated alkanes) is 2. The number of ketones is 2. The number of aromatic nitrogens is 3. The maximum atomic E-state index is 14.2. The molecule has 2 aliphatic heterocycles. The Bertz CT molecular complexity index is 2790. The zero-order chi connectivity index (χ0) is 55.4. The number of aliphatic hydroxyl groups is 1. The maximum absolute atomic E-state index is 14.2. The molecule has 18 nitrogen and oxygen atoms in total. The number of rotatable bonds is 15. The number of primary amides is 1. The molecule has 1 unspecified atom stereocenters. The third-order valence-electron chi connectivity index (χ3n) is 14.0. The number of hydrogen-bond acceptors (Lipinski definition) is 14. The number of nitrogens with zero attached hydrogens (tertiary/aromatic N) is 4. The van der Waals surface area contributed by atoms with Crippen molar-refractivity contribution in [2.45, 2.75) is 123 Å². The number of carbonyl (C=O) groups excluding carboxylic acids is 5. The average molecular weight is 1090 g/mol. The molecule has 0 radical (unpaired) electrons. The largest absolute Gasteiger partial charge is 0.482 e. The molecule has 1 aliphatic carbocycles. The summed E-state index contributed by atoms with van der Waals surface area (Å²) >= 11 is 12.5. The third kappa shape index (κ3) is 15.0. The van der Waals surface area contributed by atoms with E-state index in [-0.39, 0.29) is 68.4 Å². The molecule has 21 heteroatoms. The van der Waals surface area contributed by atoms with Gasteiger partial charge in [-0.15, -0.1) is 0 Å². The van der Waals surface area contributed by atoms with Gasteiger partial charge in [0.25, 0.3) is 5.91 Å². The molecule has 3 aromatic rings. The van der Waals surface area contributed by atoms with E-state index in [0.29, 0.717) is 81.3 Å². The summed E-state index contributed by atoms with van der Waals surface area (Å²) in [6.07, 6.45) is 11.6. The van der Waals surface area contributed by atoms with Crippen LogP contribution in [0.3, 0.4) is 0 Å².